The number of fused-ring (bicyclic) bond motifs is 2. The Balaban J connectivity index is 1.20. The molecule has 0 bridgehead atoms. The van der Waals surface area contributed by atoms with E-state index in [-0.39, 0.29) is 11.8 Å². The lowest BCUT2D eigenvalue weighted by Gasteiger charge is -2.06. The van der Waals surface area contributed by atoms with Crippen LogP contribution in [-0.4, -0.2) is 76.7 Å². The van der Waals surface area contributed by atoms with E-state index in [2.05, 4.69) is 15.0 Å². The monoisotopic (exact) mass is 540 g/mol. The Hall–Kier alpha value is -3.65. The molecular weight excluding hydrogens is 504 g/mol. The number of nitrogens with zero attached hydrogens (tertiary/aromatic N) is 5. The van der Waals surface area contributed by atoms with Gasteiger partial charge in [0.05, 0.1) is 45.0 Å². The second kappa shape index (κ2) is 14.5. The molecule has 0 aliphatic rings. The van der Waals surface area contributed by atoms with Gasteiger partial charge in [-0.25, -0.2) is 14.6 Å². The maximum absolute atomic E-state index is 12.2. The zero-order valence-corrected chi connectivity index (χ0v) is 22.0. The number of oxazole rings is 1. The van der Waals surface area contributed by atoms with Crippen LogP contribution in [0.5, 0.6) is 0 Å². The van der Waals surface area contributed by atoms with Crippen molar-refractivity contribution in [2.24, 2.45) is 5.73 Å². The molecule has 13 nitrogen and oxygen atoms in total. The molecule has 1 aromatic carbocycles. The van der Waals surface area contributed by atoms with Gasteiger partial charge in [0.25, 0.3) is 6.01 Å². The number of benzene rings is 1. The van der Waals surface area contributed by atoms with Crippen molar-refractivity contribution < 1.29 is 23.4 Å². The van der Waals surface area contributed by atoms with Crippen molar-refractivity contribution >= 4 is 39.7 Å². The zero-order chi connectivity index (χ0) is 27.5. The van der Waals surface area contributed by atoms with Gasteiger partial charge < -0.3 is 35.8 Å². The van der Waals surface area contributed by atoms with Gasteiger partial charge in [0, 0.05) is 31.5 Å². The molecule has 4 rings (SSSR count). The lowest BCUT2D eigenvalue weighted by atomic mass is 10.1. The minimum Gasteiger partial charge on any atom is -0.424 e. The second-order valence-electron chi connectivity index (χ2n) is 8.99. The maximum atomic E-state index is 12.2. The number of aromatic nitrogens is 5. The van der Waals surface area contributed by atoms with Gasteiger partial charge in [0.1, 0.15) is 29.1 Å². The topological polar surface area (TPSA) is 192 Å². The summed E-state index contributed by atoms with van der Waals surface area (Å²) in [7, 11) is 0. The van der Waals surface area contributed by atoms with Gasteiger partial charge in [0.2, 0.25) is 0 Å². The lowest BCUT2D eigenvalue weighted by Crippen LogP contribution is -2.14. The number of Topliss-reactive ketones (excluding diaryl/α,β-unsaturated/α-hetero) is 1. The van der Waals surface area contributed by atoms with E-state index in [1.165, 1.54) is 6.33 Å². The molecule has 3 heterocycles. The molecule has 6 N–H and O–H groups in total. The number of hydrogen-bond donors (Lipinski definition) is 3. The van der Waals surface area contributed by atoms with E-state index in [0.717, 1.165) is 24.8 Å². The molecule has 3 aromatic heterocycles. The van der Waals surface area contributed by atoms with Crippen LogP contribution >= 0.6 is 0 Å². The van der Waals surface area contributed by atoms with Gasteiger partial charge in [-0.3, -0.25) is 4.79 Å². The molecule has 0 radical (unpaired) electrons. The van der Waals surface area contributed by atoms with Crippen LogP contribution in [0.15, 0.2) is 28.9 Å². The first-order valence-electron chi connectivity index (χ1n) is 13.1. The SMILES string of the molecule is NCCOCCOCCOCCC(=O)CCCCCn1nc(-c2ccc3oc(N)nc3c2)c2c(N)ncnc21. The van der Waals surface area contributed by atoms with Crippen molar-refractivity contribution in [2.75, 3.05) is 57.7 Å². The molecule has 210 valence electrons. The van der Waals surface area contributed by atoms with Gasteiger partial charge in [-0.2, -0.15) is 10.1 Å². The van der Waals surface area contributed by atoms with Gasteiger partial charge in [-0.15, -0.1) is 0 Å². The number of anilines is 2. The summed E-state index contributed by atoms with van der Waals surface area (Å²) in [5.74, 6) is 0.555. The Labute approximate surface area is 226 Å². The molecule has 13 heteroatoms. The largest absolute Gasteiger partial charge is 0.424 e. The Morgan fingerprint density at radius 2 is 1.69 bits per heavy atom. The third-order valence-electron chi connectivity index (χ3n) is 6.09. The molecule has 0 atom stereocenters. The van der Waals surface area contributed by atoms with Crippen LogP contribution in [0.3, 0.4) is 0 Å². The summed E-state index contributed by atoms with van der Waals surface area (Å²) in [5.41, 5.74) is 20.6. The second-order valence-corrected chi connectivity index (χ2v) is 8.99. The first-order valence-corrected chi connectivity index (χ1v) is 13.1. The average molecular weight is 541 g/mol. The van der Waals surface area contributed by atoms with E-state index in [9.17, 15) is 4.79 Å². The number of rotatable bonds is 18. The van der Waals surface area contributed by atoms with Crippen LogP contribution in [0.4, 0.5) is 11.8 Å². The van der Waals surface area contributed by atoms with E-state index in [4.69, 9.17) is 40.9 Å². The number of carbonyl (C=O) groups excluding carboxylic acids is 1. The van der Waals surface area contributed by atoms with Gasteiger partial charge in [-0.1, -0.05) is 6.42 Å². The van der Waals surface area contributed by atoms with Crippen molar-refractivity contribution in [1.82, 2.24) is 24.7 Å². The molecule has 39 heavy (non-hydrogen) atoms. The first kappa shape index (κ1) is 28.4. The Morgan fingerprint density at radius 3 is 2.49 bits per heavy atom. The van der Waals surface area contributed by atoms with Crippen molar-refractivity contribution in [3.05, 3.63) is 24.5 Å². The minimum absolute atomic E-state index is 0.109. The molecule has 0 aliphatic heterocycles. The number of hydrogen-bond acceptors (Lipinski definition) is 12. The highest BCUT2D eigenvalue weighted by Gasteiger charge is 2.18. The minimum atomic E-state index is 0.109. The molecule has 0 saturated heterocycles. The fourth-order valence-electron chi connectivity index (χ4n) is 4.18. The summed E-state index contributed by atoms with van der Waals surface area (Å²) in [6, 6.07) is 5.65. The predicted octanol–water partition coefficient (Wildman–Crippen LogP) is 2.33. The third-order valence-corrected chi connectivity index (χ3v) is 6.09. The Kier molecular flexibility index (Phi) is 10.5. The molecule has 4 aromatic rings. The van der Waals surface area contributed by atoms with E-state index in [1.54, 1.807) is 6.07 Å². The smallest absolute Gasteiger partial charge is 0.292 e. The number of unbranched alkanes of at least 4 members (excludes halogenated alkanes) is 2. The van der Waals surface area contributed by atoms with E-state index in [1.807, 2.05) is 16.8 Å². The number of ether oxygens (including phenoxy) is 3. The van der Waals surface area contributed by atoms with Crippen molar-refractivity contribution in [3.63, 3.8) is 0 Å². The molecule has 0 fully saturated rings. The quantitative estimate of drug-likeness (QED) is 0.156. The van der Waals surface area contributed by atoms with E-state index < -0.39 is 0 Å². The van der Waals surface area contributed by atoms with E-state index in [0.29, 0.717) is 99.2 Å². The Bertz CT molecular complexity index is 1360. The summed E-state index contributed by atoms with van der Waals surface area (Å²) in [5, 5.41) is 5.48. The lowest BCUT2D eigenvalue weighted by molar-refractivity contribution is -0.120. The van der Waals surface area contributed by atoms with Gasteiger partial charge in [-0.05, 0) is 31.0 Å². The molecule has 0 saturated carbocycles. The van der Waals surface area contributed by atoms with Crippen molar-refractivity contribution in [3.8, 4) is 11.3 Å². The summed E-state index contributed by atoms with van der Waals surface area (Å²) in [6.45, 7) is 4.04. The first-order chi connectivity index (χ1) is 19.1. The fraction of sp³-hybridized carbons (Fsp3) is 0.500. The van der Waals surface area contributed by atoms with Gasteiger partial charge >= 0.3 is 0 Å². The Morgan fingerprint density at radius 1 is 0.923 bits per heavy atom. The van der Waals surface area contributed by atoms with Crippen LogP contribution in [0, 0.1) is 0 Å². The highest BCUT2D eigenvalue weighted by atomic mass is 16.5. The summed E-state index contributed by atoms with van der Waals surface area (Å²) >= 11 is 0. The van der Waals surface area contributed by atoms with E-state index >= 15 is 0 Å². The number of ketones is 1. The normalized spacial score (nSPS) is 11.6. The summed E-state index contributed by atoms with van der Waals surface area (Å²) in [6.07, 6.45) is 4.90. The fourth-order valence-corrected chi connectivity index (χ4v) is 4.18. The van der Waals surface area contributed by atoms with Crippen molar-refractivity contribution in [1.29, 1.82) is 0 Å². The van der Waals surface area contributed by atoms with Crippen LogP contribution in [0.2, 0.25) is 0 Å². The highest BCUT2D eigenvalue weighted by Crippen LogP contribution is 2.32. The number of aryl methyl sites for hydroxylation is 1. The molecular formula is C26H36N8O5. The van der Waals surface area contributed by atoms with Gasteiger partial charge in [0.15, 0.2) is 11.2 Å². The third kappa shape index (κ3) is 7.93. The molecule has 0 aliphatic carbocycles. The average Bonchev–Trinajstić information content (AvgIpc) is 3.49. The zero-order valence-electron chi connectivity index (χ0n) is 22.0. The maximum Gasteiger partial charge on any atom is 0.292 e. The molecule has 0 spiro atoms. The summed E-state index contributed by atoms with van der Waals surface area (Å²) < 4.78 is 23.3. The standard InChI is InChI=1S/C26H36N8O5/c27-8-11-37-13-15-38-14-12-36-10-7-19(35)4-2-1-3-9-34-25-22(24(28)30-17-31-25)23(33-34)18-5-6-21-20(16-18)32-26(29)39-21/h5-6,16-17H,1-4,7-15,27H2,(H2,29,32)(H2,28,30,31). The molecule has 0 unspecified atom stereocenters. The summed E-state index contributed by atoms with van der Waals surface area (Å²) in [4.78, 5) is 25.0. The molecule has 0 amide bonds. The van der Waals surface area contributed by atoms with Crippen LogP contribution in [0.1, 0.15) is 32.1 Å². The number of nitrogen functional groups attached to an aromatic ring is 2. The van der Waals surface area contributed by atoms with Crippen LogP contribution in [0.25, 0.3) is 33.4 Å². The van der Waals surface area contributed by atoms with Crippen LogP contribution in [-0.2, 0) is 25.5 Å². The van der Waals surface area contributed by atoms with Crippen molar-refractivity contribution in [2.45, 2.75) is 38.6 Å². The number of carbonyl (C=O) groups is 1. The number of nitrogens with two attached hydrogens (primary N) is 3. The highest BCUT2D eigenvalue weighted by molar-refractivity contribution is 5.99. The van der Waals surface area contributed by atoms with Crippen LogP contribution < -0.4 is 17.2 Å². The predicted molar refractivity (Wildman–Crippen MR) is 147 cm³/mol.